The first-order valence-electron chi connectivity index (χ1n) is 15.0. The van der Waals surface area contributed by atoms with Crippen molar-refractivity contribution in [2.45, 2.75) is 50.2 Å². The molecule has 5 aromatic rings. The molecule has 0 fully saturated rings. The molecule has 2 aliphatic rings. The maximum Gasteiger partial charge on any atom is 0.195 e. The van der Waals surface area contributed by atoms with Gasteiger partial charge in [0.2, 0.25) is 0 Å². The van der Waals surface area contributed by atoms with Crippen molar-refractivity contribution >= 4 is 49.2 Å². The van der Waals surface area contributed by atoms with Crippen LogP contribution in [0.15, 0.2) is 89.6 Å². The van der Waals surface area contributed by atoms with E-state index in [9.17, 15) is 18.3 Å². The molecule has 47 heavy (non-hydrogen) atoms. The number of nitrogens with one attached hydrogen (secondary N) is 1. The van der Waals surface area contributed by atoms with Crippen LogP contribution in [0, 0.1) is 11.2 Å². The number of thiazole rings is 1. The van der Waals surface area contributed by atoms with E-state index in [-0.39, 0.29) is 63.5 Å². The van der Waals surface area contributed by atoms with E-state index < -0.39 is 38.0 Å². The van der Waals surface area contributed by atoms with E-state index in [1.807, 2.05) is 44.2 Å². The molecule has 0 saturated carbocycles. The van der Waals surface area contributed by atoms with Crippen LogP contribution < -0.4 is 10.1 Å². The largest absolute Gasteiger partial charge is 0.506 e. The molecule has 7 rings (SSSR count). The van der Waals surface area contributed by atoms with Crippen molar-refractivity contribution in [3.8, 4) is 11.5 Å². The average Bonchev–Trinajstić information content (AvgIpc) is 3.53. The molecule has 12 heteroatoms. The number of carbonyl (C=O) groups excluding carboxylic acids is 1. The Balaban J connectivity index is 1.41. The summed E-state index contributed by atoms with van der Waals surface area (Å²) in [5.74, 6) is -2.71. The minimum Gasteiger partial charge on any atom is -0.506 e. The van der Waals surface area contributed by atoms with Gasteiger partial charge in [-0.15, -0.1) is 11.3 Å². The van der Waals surface area contributed by atoms with Gasteiger partial charge >= 0.3 is 0 Å². The highest BCUT2D eigenvalue weighted by Gasteiger charge is 2.48. The lowest BCUT2D eigenvalue weighted by Crippen LogP contribution is -2.33. The molecule has 0 radical (unpaired) electrons. The fraction of sp³-hybridized carbons (Fsp3) is 0.257. The van der Waals surface area contributed by atoms with Gasteiger partial charge in [0.05, 0.1) is 22.4 Å². The molecule has 3 aromatic carbocycles. The summed E-state index contributed by atoms with van der Waals surface area (Å²) in [4.78, 5) is 18.9. The summed E-state index contributed by atoms with van der Waals surface area (Å²) >= 11 is 7.78. The molecule has 2 N–H and O–H groups in total. The van der Waals surface area contributed by atoms with Crippen LogP contribution in [0.25, 0.3) is 4.96 Å². The molecule has 2 atom stereocenters. The number of anilines is 1. The molecular formula is C35H31ClFN3O5S2. The molecule has 0 amide bonds. The van der Waals surface area contributed by atoms with E-state index in [0.29, 0.717) is 17.1 Å². The predicted octanol–water partition coefficient (Wildman–Crippen LogP) is 7.98. The third kappa shape index (κ3) is 5.81. The van der Waals surface area contributed by atoms with Crippen LogP contribution in [0.3, 0.4) is 0 Å². The van der Waals surface area contributed by atoms with Crippen molar-refractivity contribution in [3.63, 3.8) is 0 Å². The van der Waals surface area contributed by atoms with Crippen LogP contribution in [0.1, 0.15) is 60.2 Å². The standard InChI is InChI=1S/C35H31ClFN3O5S2/c1-35(2)16-25-30(28(42)17-35)29(22-12-11-21(15-24(22)37)45-18-20-7-4-3-5-8-20)32(23-9-6-10-27(41)31(23)38-25)47(43,44)19-26-33(36)39-34-40(26)13-14-46-34/h3-15,29,32,38,41H,16-19H2,1-2H3. The molecule has 0 saturated heterocycles. The van der Waals surface area contributed by atoms with Crippen LogP contribution in [-0.4, -0.2) is 28.7 Å². The Morgan fingerprint density at radius 2 is 1.89 bits per heavy atom. The summed E-state index contributed by atoms with van der Waals surface area (Å²) in [6, 6.07) is 18.4. The molecule has 8 nitrogen and oxygen atoms in total. The Bertz CT molecular complexity index is 2180. The first-order chi connectivity index (χ1) is 22.4. The average molecular weight is 692 g/mol. The number of fused-ring (bicyclic) bond motifs is 2. The molecule has 0 bridgehead atoms. The predicted molar refractivity (Wildman–Crippen MR) is 180 cm³/mol. The number of halogens is 2. The lowest BCUT2D eigenvalue weighted by molar-refractivity contribution is -0.118. The number of phenolic OH excluding ortho intramolecular Hbond substituents is 1. The highest BCUT2D eigenvalue weighted by molar-refractivity contribution is 7.91. The molecule has 242 valence electrons. The van der Waals surface area contributed by atoms with E-state index >= 15 is 4.39 Å². The highest BCUT2D eigenvalue weighted by Crippen LogP contribution is 2.55. The number of allylic oxidation sites excluding steroid dienone is 2. The van der Waals surface area contributed by atoms with Crippen molar-refractivity contribution in [3.05, 3.63) is 123 Å². The van der Waals surface area contributed by atoms with Crippen molar-refractivity contribution < 1.29 is 27.4 Å². The minimum absolute atomic E-state index is 0.0317. The zero-order valence-electron chi connectivity index (χ0n) is 25.5. The first-order valence-corrected chi connectivity index (χ1v) is 18.0. The molecule has 2 unspecified atom stereocenters. The number of para-hydroxylation sites is 1. The Morgan fingerprint density at radius 1 is 1.11 bits per heavy atom. The van der Waals surface area contributed by atoms with E-state index in [1.165, 1.54) is 29.5 Å². The number of aromatic hydroxyl groups is 1. The number of carbonyl (C=O) groups is 1. The number of sulfone groups is 1. The lowest BCUT2D eigenvalue weighted by atomic mass is 9.71. The quantitative estimate of drug-likeness (QED) is 0.167. The number of ether oxygens (including phenoxy) is 1. The van der Waals surface area contributed by atoms with Gasteiger partial charge in [0, 0.05) is 41.3 Å². The van der Waals surface area contributed by atoms with Gasteiger partial charge in [0.25, 0.3) is 0 Å². The van der Waals surface area contributed by atoms with Crippen LogP contribution in [0.2, 0.25) is 5.15 Å². The third-order valence-corrected chi connectivity index (χ3v) is 11.8. The summed E-state index contributed by atoms with van der Waals surface area (Å²) in [5.41, 5.74) is 1.78. The molecular weight excluding hydrogens is 661 g/mol. The minimum atomic E-state index is -4.30. The number of aromatic nitrogens is 2. The fourth-order valence-corrected chi connectivity index (χ4v) is 9.96. The normalized spacial score (nSPS) is 19.2. The number of hydrogen-bond acceptors (Lipinski definition) is 8. The second-order valence-electron chi connectivity index (χ2n) is 12.8. The van der Waals surface area contributed by atoms with Gasteiger partial charge in [-0.05, 0) is 40.7 Å². The van der Waals surface area contributed by atoms with Crippen molar-refractivity contribution in [1.82, 2.24) is 9.38 Å². The van der Waals surface area contributed by atoms with Gasteiger partial charge in [0.15, 0.2) is 25.7 Å². The third-order valence-electron chi connectivity index (χ3n) is 8.78. The number of Topliss-reactive ketones (excluding diaryl/α,β-unsaturated/α-hetero) is 1. The molecule has 3 heterocycles. The number of ketones is 1. The molecule has 1 aliphatic heterocycles. The number of nitrogens with zero attached hydrogens (tertiary/aromatic N) is 2. The SMILES string of the molecule is CC1(C)CC(=O)C2=C(C1)Nc1c(O)cccc1C(S(=O)(=O)Cc1c(Cl)nc3sccn13)C2c1ccc(OCc2ccccc2)cc1F. The maximum absolute atomic E-state index is 16.4. The van der Waals surface area contributed by atoms with E-state index in [4.69, 9.17) is 16.3 Å². The van der Waals surface area contributed by atoms with Crippen molar-refractivity contribution in [2.24, 2.45) is 5.41 Å². The topological polar surface area (TPSA) is 110 Å². The van der Waals surface area contributed by atoms with Crippen LogP contribution in [0.5, 0.6) is 11.5 Å². The van der Waals surface area contributed by atoms with Crippen LogP contribution >= 0.6 is 22.9 Å². The molecule has 1 aliphatic carbocycles. The second kappa shape index (κ2) is 11.8. The van der Waals surface area contributed by atoms with E-state index in [1.54, 1.807) is 34.2 Å². The Hall–Kier alpha value is -4.19. The van der Waals surface area contributed by atoms with Gasteiger partial charge < -0.3 is 15.2 Å². The summed E-state index contributed by atoms with van der Waals surface area (Å²) in [6.07, 6.45) is 2.22. The first kappa shape index (κ1) is 31.4. The zero-order valence-corrected chi connectivity index (χ0v) is 27.9. The van der Waals surface area contributed by atoms with Gasteiger partial charge in [-0.2, -0.15) is 0 Å². The fourth-order valence-electron chi connectivity index (χ4n) is 6.75. The Kier molecular flexibility index (Phi) is 7.89. The number of phenols is 1. The molecule has 0 spiro atoms. The number of hydrogen-bond donors (Lipinski definition) is 2. The summed E-state index contributed by atoms with van der Waals surface area (Å²) < 4.78 is 53.6. The number of imidazole rings is 1. The van der Waals surface area contributed by atoms with Gasteiger partial charge in [-0.3, -0.25) is 9.20 Å². The zero-order chi connectivity index (χ0) is 33.1. The smallest absolute Gasteiger partial charge is 0.195 e. The number of rotatable bonds is 7. The van der Waals surface area contributed by atoms with Gasteiger partial charge in [0.1, 0.15) is 23.9 Å². The van der Waals surface area contributed by atoms with Crippen LogP contribution in [-0.2, 0) is 27.0 Å². The summed E-state index contributed by atoms with van der Waals surface area (Å²) in [5, 5.41) is 14.7. The van der Waals surface area contributed by atoms with Crippen molar-refractivity contribution in [2.75, 3.05) is 5.32 Å². The molecule has 2 aromatic heterocycles. The second-order valence-corrected chi connectivity index (χ2v) is 16.1. The number of benzene rings is 3. The van der Waals surface area contributed by atoms with Gasteiger partial charge in [-0.25, -0.2) is 17.8 Å². The Labute approximate surface area is 280 Å². The summed E-state index contributed by atoms with van der Waals surface area (Å²) in [6.45, 7) is 4.11. The maximum atomic E-state index is 16.4. The van der Waals surface area contributed by atoms with Gasteiger partial charge in [-0.1, -0.05) is 74.0 Å². The summed E-state index contributed by atoms with van der Waals surface area (Å²) in [7, 11) is -4.30. The Morgan fingerprint density at radius 3 is 2.66 bits per heavy atom. The van der Waals surface area contributed by atoms with Crippen molar-refractivity contribution in [1.29, 1.82) is 0 Å². The lowest BCUT2D eigenvalue weighted by Gasteiger charge is -2.35. The van der Waals surface area contributed by atoms with E-state index in [0.717, 1.165) is 5.56 Å². The highest BCUT2D eigenvalue weighted by atomic mass is 35.5. The monoisotopic (exact) mass is 691 g/mol. The van der Waals surface area contributed by atoms with Crippen LogP contribution in [0.4, 0.5) is 10.1 Å². The van der Waals surface area contributed by atoms with E-state index in [2.05, 4.69) is 10.3 Å².